The van der Waals surface area contributed by atoms with E-state index in [1.54, 1.807) is 24.5 Å². The Morgan fingerprint density at radius 2 is 2.32 bits per heavy atom. The highest BCUT2D eigenvalue weighted by Gasteiger charge is 2.34. The second-order valence-corrected chi connectivity index (χ2v) is 5.37. The molecule has 0 saturated heterocycles. The van der Waals surface area contributed by atoms with Crippen molar-refractivity contribution in [1.29, 1.82) is 0 Å². The largest absolute Gasteiger partial charge is 0.478 e. The number of carboxylic acid groups (broad SMARTS) is 1. The van der Waals surface area contributed by atoms with Gasteiger partial charge in [-0.25, -0.2) is 4.79 Å². The standard InChI is InChI=1S/C15H9ClN2O4/c16-10-4-8-12(7-2-1-3-17-6-7)18-22-13(8)9-5-11(15(19)20)21-14(9)10/h1-4,6,11H,5H2,(H,19,20). The van der Waals surface area contributed by atoms with Gasteiger partial charge in [-0.05, 0) is 18.2 Å². The van der Waals surface area contributed by atoms with Crippen LogP contribution in [0.5, 0.6) is 5.75 Å². The minimum absolute atomic E-state index is 0.198. The van der Waals surface area contributed by atoms with Crippen molar-refractivity contribution in [3.8, 4) is 17.0 Å². The minimum Gasteiger partial charge on any atom is -0.478 e. The Kier molecular flexibility index (Phi) is 2.80. The number of aliphatic carboxylic acids is 1. The molecule has 0 aliphatic carbocycles. The molecule has 4 rings (SSSR count). The number of pyridine rings is 1. The van der Waals surface area contributed by atoms with Crippen LogP contribution in [0.3, 0.4) is 0 Å². The third kappa shape index (κ3) is 1.84. The van der Waals surface area contributed by atoms with E-state index in [9.17, 15) is 4.79 Å². The second-order valence-electron chi connectivity index (χ2n) is 4.96. The average molecular weight is 317 g/mol. The highest BCUT2D eigenvalue weighted by atomic mass is 35.5. The van der Waals surface area contributed by atoms with Gasteiger partial charge in [-0.2, -0.15) is 0 Å². The van der Waals surface area contributed by atoms with E-state index < -0.39 is 12.1 Å². The molecular formula is C15H9ClN2O4. The smallest absolute Gasteiger partial charge is 0.345 e. The van der Waals surface area contributed by atoms with Gasteiger partial charge in [-0.15, -0.1) is 0 Å². The van der Waals surface area contributed by atoms with Crippen LogP contribution in [0.1, 0.15) is 5.56 Å². The van der Waals surface area contributed by atoms with Crippen molar-refractivity contribution in [1.82, 2.24) is 10.1 Å². The van der Waals surface area contributed by atoms with Gasteiger partial charge in [0.2, 0.25) is 0 Å². The van der Waals surface area contributed by atoms with Gasteiger partial charge in [0.25, 0.3) is 0 Å². The topological polar surface area (TPSA) is 85.5 Å². The molecule has 2 aromatic heterocycles. The fraction of sp³-hybridized carbons (Fsp3) is 0.133. The first-order valence-electron chi connectivity index (χ1n) is 6.56. The zero-order chi connectivity index (χ0) is 15.3. The van der Waals surface area contributed by atoms with E-state index in [1.807, 2.05) is 6.07 Å². The summed E-state index contributed by atoms with van der Waals surface area (Å²) in [5, 5.41) is 14.2. The number of halogens is 1. The molecule has 1 atom stereocenters. The van der Waals surface area contributed by atoms with Crippen LogP contribution in [0.25, 0.3) is 22.2 Å². The summed E-state index contributed by atoms with van der Waals surface area (Å²) in [6, 6.07) is 5.34. The van der Waals surface area contributed by atoms with Crippen LogP contribution in [0.15, 0.2) is 35.1 Å². The van der Waals surface area contributed by atoms with Crippen molar-refractivity contribution in [2.24, 2.45) is 0 Å². The summed E-state index contributed by atoms with van der Waals surface area (Å²) in [4.78, 5) is 15.2. The molecular weight excluding hydrogens is 308 g/mol. The van der Waals surface area contributed by atoms with Gasteiger partial charge in [0.15, 0.2) is 11.7 Å². The van der Waals surface area contributed by atoms with E-state index >= 15 is 0 Å². The molecule has 22 heavy (non-hydrogen) atoms. The molecule has 1 aromatic carbocycles. The lowest BCUT2D eigenvalue weighted by Gasteiger charge is -2.05. The first-order chi connectivity index (χ1) is 10.6. The number of hydrogen-bond donors (Lipinski definition) is 1. The first kappa shape index (κ1) is 13.1. The van der Waals surface area contributed by atoms with Crippen LogP contribution in [0.2, 0.25) is 5.02 Å². The van der Waals surface area contributed by atoms with Crippen molar-refractivity contribution >= 4 is 28.5 Å². The number of rotatable bonds is 2. The van der Waals surface area contributed by atoms with Gasteiger partial charge < -0.3 is 14.4 Å². The quantitative estimate of drug-likeness (QED) is 0.782. The van der Waals surface area contributed by atoms with Gasteiger partial charge in [-0.3, -0.25) is 4.98 Å². The van der Waals surface area contributed by atoms with Crippen LogP contribution >= 0.6 is 11.6 Å². The summed E-state index contributed by atoms with van der Waals surface area (Å²) in [7, 11) is 0. The summed E-state index contributed by atoms with van der Waals surface area (Å²) in [6.07, 6.45) is 2.59. The summed E-state index contributed by atoms with van der Waals surface area (Å²) in [5.74, 6) is -0.678. The van der Waals surface area contributed by atoms with Gasteiger partial charge >= 0.3 is 5.97 Å². The average Bonchev–Trinajstić information content (AvgIpc) is 3.12. The van der Waals surface area contributed by atoms with E-state index in [2.05, 4.69) is 10.1 Å². The van der Waals surface area contributed by atoms with Crippen molar-refractivity contribution in [3.63, 3.8) is 0 Å². The summed E-state index contributed by atoms with van der Waals surface area (Å²) < 4.78 is 10.8. The number of aromatic nitrogens is 2. The number of fused-ring (bicyclic) bond motifs is 3. The molecule has 0 bridgehead atoms. The molecule has 110 valence electrons. The van der Waals surface area contributed by atoms with E-state index in [0.29, 0.717) is 33.0 Å². The molecule has 1 unspecified atom stereocenters. The fourth-order valence-corrected chi connectivity index (χ4v) is 2.89. The van der Waals surface area contributed by atoms with E-state index in [1.165, 1.54) is 0 Å². The Morgan fingerprint density at radius 1 is 1.45 bits per heavy atom. The first-order valence-corrected chi connectivity index (χ1v) is 6.93. The molecule has 1 aliphatic rings. The summed E-state index contributed by atoms with van der Waals surface area (Å²) in [5.41, 5.74) is 2.55. The normalized spacial score (nSPS) is 16.5. The molecule has 0 fully saturated rings. The van der Waals surface area contributed by atoms with Crippen molar-refractivity contribution in [3.05, 3.63) is 41.2 Å². The molecule has 3 aromatic rings. The second kappa shape index (κ2) is 4.71. The number of ether oxygens (including phenoxy) is 1. The number of carboxylic acids is 1. The number of benzene rings is 1. The van der Waals surface area contributed by atoms with E-state index in [4.69, 9.17) is 26.0 Å². The lowest BCUT2D eigenvalue weighted by Crippen LogP contribution is -2.24. The number of hydrogen-bond acceptors (Lipinski definition) is 5. The predicted molar refractivity (Wildman–Crippen MR) is 78.0 cm³/mol. The maximum Gasteiger partial charge on any atom is 0.345 e. The van der Waals surface area contributed by atoms with Gasteiger partial charge in [0.05, 0.1) is 10.4 Å². The minimum atomic E-state index is -1.03. The Labute approximate surface area is 129 Å². The van der Waals surface area contributed by atoms with Crippen LogP contribution in [-0.2, 0) is 11.2 Å². The van der Waals surface area contributed by atoms with Gasteiger partial charge in [0, 0.05) is 29.9 Å². The molecule has 6 nitrogen and oxygen atoms in total. The zero-order valence-electron chi connectivity index (χ0n) is 11.1. The van der Waals surface area contributed by atoms with Crippen molar-refractivity contribution < 1.29 is 19.2 Å². The van der Waals surface area contributed by atoms with Crippen LogP contribution in [0.4, 0.5) is 0 Å². The van der Waals surface area contributed by atoms with E-state index in [-0.39, 0.29) is 6.42 Å². The maximum absolute atomic E-state index is 11.1. The predicted octanol–water partition coefficient (Wildman–Crippen LogP) is 2.93. The van der Waals surface area contributed by atoms with E-state index in [0.717, 1.165) is 5.56 Å². The molecule has 0 spiro atoms. The molecule has 3 heterocycles. The van der Waals surface area contributed by atoms with Gasteiger partial charge in [-0.1, -0.05) is 16.8 Å². The van der Waals surface area contributed by atoms with Gasteiger partial charge in [0.1, 0.15) is 11.4 Å². The Hall–Kier alpha value is -2.60. The van der Waals surface area contributed by atoms with Crippen LogP contribution in [0, 0.1) is 0 Å². The molecule has 1 N–H and O–H groups in total. The lowest BCUT2D eigenvalue weighted by molar-refractivity contribution is -0.144. The maximum atomic E-state index is 11.1. The monoisotopic (exact) mass is 316 g/mol. The van der Waals surface area contributed by atoms with Crippen molar-refractivity contribution in [2.75, 3.05) is 0 Å². The fourth-order valence-electron chi connectivity index (χ4n) is 2.62. The molecule has 0 amide bonds. The highest BCUT2D eigenvalue weighted by molar-refractivity contribution is 6.33. The molecule has 1 aliphatic heterocycles. The van der Waals surface area contributed by atoms with Crippen LogP contribution < -0.4 is 4.74 Å². The molecule has 7 heteroatoms. The Balaban J connectivity index is 1.92. The Bertz CT molecular complexity index is 891. The van der Waals surface area contributed by atoms with Crippen LogP contribution in [-0.4, -0.2) is 27.3 Å². The third-order valence-electron chi connectivity index (χ3n) is 3.62. The number of carbonyl (C=O) groups is 1. The Morgan fingerprint density at radius 3 is 3.05 bits per heavy atom. The highest BCUT2D eigenvalue weighted by Crippen LogP contribution is 2.43. The molecule has 0 saturated carbocycles. The SMILES string of the molecule is O=C(O)C1Cc2c(c(Cl)cc3c(-c4cccnc4)noc23)O1. The lowest BCUT2D eigenvalue weighted by atomic mass is 10.0. The summed E-state index contributed by atoms with van der Waals surface area (Å²) in [6.45, 7) is 0. The van der Waals surface area contributed by atoms with Crippen molar-refractivity contribution in [2.45, 2.75) is 12.5 Å². The third-order valence-corrected chi connectivity index (χ3v) is 3.90. The zero-order valence-corrected chi connectivity index (χ0v) is 11.9. The summed E-state index contributed by atoms with van der Waals surface area (Å²) >= 11 is 6.23. The molecule has 0 radical (unpaired) electrons. The number of nitrogens with zero attached hydrogens (tertiary/aromatic N) is 2.